The number of aromatic nitrogens is 4. The number of unbranched alkanes of at least 4 members (excludes halogenated alkanes) is 1. The number of aryl methyl sites for hydroxylation is 1. The average Bonchev–Trinajstić information content (AvgIpc) is 2.70. The number of nitrogens with one attached hydrogen (secondary N) is 1. The third-order valence-electron chi connectivity index (χ3n) is 4.27. The fourth-order valence-corrected chi connectivity index (χ4v) is 2.75. The van der Waals surface area contributed by atoms with Gasteiger partial charge in [-0.2, -0.15) is 0 Å². The van der Waals surface area contributed by atoms with Gasteiger partial charge in [0.05, 0.1) is 0 Å². The molecule has 0 unspecified atom stereocenters. The molecule has 0 atom stereocenters. The Morgan fingerprint density at radius 2 is 1.93 bits per heavy atom. The van der Waals surface area contributed by atoms with Crippen LogP contribution in [0.3, 0.4) is 0 Å². The largest absolute Gasteiger partial charge is 0.355 e. The van der Waals surface area contributed by atoms with E-state index in [1.54, 1.807) is 0 Å². The first-order chi connectivity index (χ1) is 13.0. The summed E-state index contributed by atoms with van der Waals surface area (Å²) in [6, 6.07) is 9.29. The molecule has 8 heteroatoms. The molecule has 0 aliphatic heterocycles. The summed E-state index contributed by atoms with van der Waals surface area (Å²) in [7, 11) is 1.53. The molecule has 0 fully saturated rings. The van der Waals surface area contributed by atoms with Crippen LogP contribution < -0.4 is 16.6 Å². The summed E-state index contributed by atoms with van der Waals surface area (Å²) >= 11 is 0. The maximum absolute atomic E-state index is 12.7. The Morgan fingerprint density at radius 3 is 2.63 bits per heavy atom. The van der Waals surface area contributed by atoms with Crippen LogP contribution in [0.5, 0.6) is 0 Å². The van der Waals surface area contributed by atoms with Crippen molar-refractivity contribution in [2.75, 3.05) is 6.54 Å². The van der Waals surface area contributed by atoms with Gasteiger partial charge in [-0.05, 0) is 6.42 Å². The Balaban J connectivity index is 2.02. The molecule has 0 saturated carbocycles. The van der Waals surface area contributed by atoms with E-state index < -0.39 is 11.2 Å². The van der Waals surface area contributed by atoms with Crippen molar-refractivity contribution in [2.24, 2.45) is 7.05 Å². The molecule has 2 heterocycles. The Kier molecular flexibility index (Phi) is 5.44. The zero-order chi connectivity index (χ0) is 19.4. The highest BCUT2D eigenvalue weighted by Gasteiger charge is 2.16. The van der Waals surface area contributed by atoms with E-state index in [-0.39, 0.29) is 23.5 Å². The first-order valence-corrected chi connectivity index (χ1v) is 8.81. The van der Waals surface area contributed by atoms with E-state index in [1.165, 1.54) is 17.8 Å². The van der Waals surface area contributed by atoms with Gasteiger partial charge in [0.25, 0.3) is 5.56 Å². The first-order valence-electron chi connectivity index (χ1n) is 8.81. The van der Waals surface area contributed by atoms with Gasteiger partial charge in [-0.3, -0.25) is 18.7 Å². The molecule has 0 radical (unpaired) electrons. The number of carbonyl (C=O) groups excluding carboxylic acids is 1. The quantitative estimate of drug-likeness (QED) is 0.657. The molecular formula is C19H21N5O3. The topological polar surface area (TPSA) is 98.9 Å². The third-order valence-corrected chi connectivity index (χ3v) is 4.27. The predicted octanol–water partition coefficient (Wildman–Crippen LogP) is 1.07. The van der Waals surface area contributed by atoms with Crippen LogP contribution >= 0.6 is 0 Å². The highest BCUT2D eigenvalue weighted by molar-refractivity contribution is 5.78. The second-order valence-electron chi connectivity index (χ2n) is 6.23. The van der Waals surface area contributed by atoms with Crippen molar-refractivity contribution in [3.8, 4) is 11.4 Å². The van der Waals surface area contributed by atoms with Crippen molar-refractivity contribution < 1.29 is 4.79 Å². The second kappa shape index (κ2) is 7.94. The van der Waals surface area contributed by atoms with Crippen LogP contribution in [-0.2, 0) is 18.4 Å². The maximum atomic E-state index is 12.7. The number of amides is 1. The standard InChI is InChI=1S/C19H21N5O3/c1-3-4-10-20-15(25)12-24-18(26)14-11-21-16(13-8-6-5-7-9-13)22-17(14)23(2)19(24)27/h5-9,11H,3-4,10,12H2,1-2H3,(H,20,25). The van der Waals surface area contributed by atoms with Crippen LogP contribution in [0, 0.1) is 0 Å². The Morgan fingerprint density at radius 1 is 1.19 bits per heavy atom. The van der Waals surface area contributed by atoms with Crippen molar-refractivity contribution in [1.29, 1.82) is 0 Å². The molecule has 27 heavy (non-hydrogen) atoms. The lowest BCUT2D eigenvalue weighted by atomic mass is 10.2. The fourth-order valence-electron chi connectivity index (χ4n) is 2.75. The lowest BCUT2D eigenvalue weighted by molar-refractivity contribution is -0.121. The Hall–Kier alpha value is -3.29. The number of benzene rings is 1. The zero-order valence-electron chi connectivity index (χ0n) is 15.3. The summed E-state index contributed by atoms with van der Waals surface area (Å²) in [4.78, 5) is 46.0. The number of fused-ring (bicyclic) bond motifs is 1. The molecule has 1 aromatic carbocycles. The van der Waals surface area contributed by atoms with Crippen LogP contribution in [0.25, 0.3) is 22.4 Å². The average molecular weight is 367 g/mol. The molecule has 0 aliphatic carbocycles. The van der Waals surface area contributed by atoms with Gasteiger partial charge in [-0.25, -0.2) is 14.8 Å². The molecule has 0 aliphatic rings. The van der Waals surface area contributed by atoms with Gasteiger partial charge in [0.1, 0.15) is 11.9 Å². The lowest BCUT2D eigenvalue weighted by Gasteiger charge is -2.11. The molecule has 3 rings (SSSR count). The van der Waals surface area contributed by atoms with Gasteiger partial charge in [0.15, 0.2) is 11.5 Å². The van der Waals surface area contributed by atoms with Crippen LogP contribution in [0.15, 0.2) is 46.1 Å². The number of carbonyl (C=O) groups is 1. The van der Waals surface area contributed by atoms with Crippen molar-refractivity contribution >= 4 is 16.9 Å². The summed E-state index contributed by atoms with van der Waals surface area (Å²) in [5.74, 6) is 0.0522. The third kappa shape index (κ3) is 3.79. The predicted molar refractivity (Wildman–Crippen MR) is 102 cm³/mol. The van der Waals surface area contributed by atoms with E-state index in [9.17, 15) is 14.4 Å². The Labute approximate surface area is 155 Å². The normalized spacial score (nSPS) is 10.9. The molecule has 1 N–H and O–H groups in total. The van der Waals surface area contributed by atoms with Crippen molar-refractivity contribution in [1.82, 2.24) is 24.4 Å². The fraction of sp³-hybridized carbons (Fsp3) is 0.316. The van der Waals surface area contributed by atoms with Crippen LogP contribution in [0.2, 0.25) is 0 Å². The van der Waals surface area contributed by atoms with Crippen molar-refractivity contribution in [3.05, 3.63) is 57.4 Å². The van der Waals surface area contributed by atoms with Gasteiger partial charge in [-0.15, -0.1) is 0 Å². The highest BCUT2D eigenvalue weighted by atomic mass is 16.2. The van der Waals surface area contributed by atoms with Crippen molar-refractivity contribution in [2.45, 2.75) is 26.3 Å². The number of nitrogens with zero attached hydrogens (tertiary/aromatic N) is 4. The van der Waals surface area contributed by atoms with E-state index in [1.807, 2.05) is 37.3 Å². The van der Waals surface area contributed by atoms with E-state index >= 15 is 0 Å². The van der Waals surface area contributed by atoms with Gasteiger partial charge >= 0.3 is 5.69 Å². The number of hydrogen-bond donors (Lipinski definition) is 1. The number of rotatable bonds is 6. The zero-order valence-corrected chi connectivity index (χ0v) is 15.3. The molecule has 2 aromatic heterocycles. The molecule has 3 aromatic rings. The monoisotopic (exact) mass is 367 g/mol. The van der Waals surface area contributed by atoms with Crippen molar-refractivity contribution in [3.63, 3.8) is 0 Å². The minimum Gasteiger partial charge on any atom is -0.355 e. The van der Waals surface area contributed by atoms with Gasteiger partial charge < -0.3 is 5.32 Å². The molecule has 0 saturated heterocycles. The SMILES string of the molecule is CCCCNC(=O)Cn1c(=O)c2cnc(-c3ccccc3)nc2n(C)c1=O. The Bertz CT molecular complexity index is 1090. The summed E-state index contributed by atoms with van der Waals surface area (Å²) in [5.41, 5.74) is -0.137. The molecular weight excluding hydrogens is 346 g/mol. The molecule has 0 spiro atoms. The molecule has 0 bridgehead atoms. The van der Waals surface area contributed by atoms with Crippen LogP contribution in [0.1, 0.15) is 19.8 Å². The summed E-state index contributed by atoms with van der Waals surface area (Å²) in [5, 5.41) is 2.90. The van der Waals surface area contributed by atoms with E-state index in [4.69, 9.17) is 0 Å². The highest BCUT2D eigenvalue weighted by Crippen LogP contribution is 2.15. The van der Waals surface area contributed by atoms with E-state index in [0.29, 0.717) is 12.4 Å². The molecule has 140 valence electrons. The van der Waals surface area contributed by atoms with E-state index in [0.717, 1.165) is 23.0 Å². The smallest absolute Gasteiger partial charge is 0.332 e. The van der Waals surface area contributed by atoms with Gasteiger partial charge in [0, 0.05) is 25.4 Å². The van der Waals surface area contributed by atoms with Gasteiger partial charge in [-0.1, -0.05) is 43.7 Å². The van der Waals surface area contributed by atoms with Crippen LogP contribution in [-0.4, -0.2) is 31.6 Å². The minimum absolute atomic E-state index is 0.193. The number of hydrogen-bond acceptors (Lipinski definition) is 5. The van der Waals surface area contributed by atoms with E-state index in [2.05, 4.69) is 15.3 Å². The summed E-state index contributed by atoms with van der Waals surface area (Å²) in [6.07, 6.45) is 3.18. The summed E-state index contributed by atoms with van der Waals surface area (Å²) < 4.78 is 2.18. The summed E-state index contributed by atoms with van der Waals surface area (Å²) in [6.45, 7) is 2.20. The minimum atomic E-state index is -0.587. The molecule has 8 nitrogen and oxygen atoms in total. The second-order valence-corrected chi connectivity index (χ2v) is 6.23. The van der Waals surface area contributed by atoms with Crippen LogP contribution in [0.4, 0.5) is 0 Å². The first kappa shape index (κ1) is 18.5. The maximum Gasteiger partial charge on any atom is 0.332 e. The lowest BCUT2D eigenvalue weighted by Crippen LogP contribution is -2.43. The van der Waals surface area contributed by atoms with Gasteiger partial charge in [0.2, 0.25) is 5.91 Å². The molecule has 1 amide bonds.